The van der Waals surface area contributed by atoms with E-state index in [1.54, 1.807) is 12.1 Å². The Balaban J connectivity index is 1.74. The van der Waals surface area contributed by atoms with Crippen molar-refractivity contribution in [3.8, 4) is 0 Å². The van der Waals surface area contributed by atoms with Crippen LogP contribution in [0.3, 0.4) is 0 Å². The summed E-state index contributed by atoms with van der Waals surface area (Å²) in [6.07, 6.45) is -4.10. The van der Waals surface area contributed by atoms with Crippen molar-refractivity contribution in [3.63, 3.8) is 0 Å². The van der Waals surface area contributed by atoms with Gasteiger partial charge in [0.05, 0.1) is 11.8 Å². The summed E-state index contributed by atoms with van der Waals surface area (Å²) in [6, 6.07) is 5.24. The summed E-state index contributed by atoms with van der Waals surface area (Å²) in [7, 11) is 0. The van der Waals surface area contributed by atoms with E-state index in [0.29, 0.717) is 12.2 Å². The highest BCUT2D eigenvalue weighted by Gasteiger charge is 2.53. The number of rotatable bonds is 6. The molecule has 26 heavy (non-hydrogen) atoms. The zero-order chi connectivity index (χ0) is 19.3. The Morgan fingerprint density at radius 1 is 1.23 bits per heavy atom. The maximum absolute atomic E-state index is 12.9. The van der Waals surface area contributed by atoms with Crippen LogP contribution in [0, 0.1) is 17.7 Å². The van der Waals surface area contributed by atoms with Gasteiger partial charge in [-0.25, -0.2) is 9.18 Å². The Bertz CT molecular complexity index is 639. The summed E-state index contributed by atoms with van der Waals surface area (Å²) >= 11 is 1.46. The van der Waals surface area contributed by atoms with Crippen molar-refractivity contribution >= 4 is 23.8 Å². The van der Waals surface area contributed by atoms with Gasteiger partial charge in [0.25, 0.3) is 0 Å². The Morgan fingerprint density at radius 2 is 1.88 bits per heavy atom. The van der Waals surface area contributed by atoms with E-state index in [4.69, 9.17) is 5.11 Å². The molecule has 0 spiro atoms. The average Bonchev–Trinajstić information content (AvgIpc) is 3.02. The second-order valence-electron chi connectivity index (χ2n) is 5.89. The van der Waals surface area contributed by atoms with Gasteiger partial charge in [0.15, 0.2) is 0 Å². The Kier molecular flexibility index (Phi) is 6.74. The first kappa shape index (κ1) is 20.3. The molecule has 1 aliphatic rings. The number of carbonyl (C=O) groups is 2. The second kappa shape index (κ2) is 8.61. The van der Waals surface area contributed by atoms with E-state index in [-0.39, 0.29) is 12.4 Å². The minimum Gasteiger partial charge on any atom is -0.481 e. The number of hydrogen-bond acceptors (Lipinski definition) is 3. The molecule has 1 aromatic carbocycles. The number of benzene rings is 1. The number of carbonyl (C=O) groups excluding carboxylic acids is 1. The first-order valence-electron chi connectivity index (χ1n) is 7.89. The molecule has 0 saturated carbocycles. The minimum atomic E-state index is -4.66. The number of halogens is 4. The molecule has 0 unspecified atom stereocenters. The fourth-order valence-corrected chi connectivity index (χ4v) is 3.50. The van der Waals surface area contributed by atoms with Gasteiger partial charge in [-0.05, 0) is 36.4 Å². The SMILES string of the molecule is O=C(O)[C@@H]1CN(C(=O)NCCCSc2ccc(F)cc2)C[C@H]1C(F)(F)F. The third kappa shape index (κ3) is 5.52. The number of amides is 2. The summed E-state index contributed by atoms with van der Waals surface area (Å²) in [5.41, 5.74) is 0. The van der Waals surface area contributed by atoms with Crippen LogP contribution in [-0.2, 0) is 4.79 Å². The van der Waals surface area contributed by atoms with Crippen LogP contribution in [0.1, 0.15) is 6.42 Å². The molecule has 10 heteroatoms. The van der Waals surface area contributed by atoms with Crippen molar-refractivity contribution < 1.29 is 32.3 Å². The first-order valence-corrected chi connectivity index (χ1v) is 8.87. The lowest BCUT2D eigenvalue weighted by molar-refractivity contribution is -0.187. The number of nitrogens with one attached hydrogen (secondary N) is 1. The third-order valence-corrected chi connectivity index (χ3v) is 5.12. The van der Waals surface area contributed by atoms with E-state index in [0.717, 1.165) is 9.80 Å². The Hall–Kier alpha value is -1.97. The number of carboxylic acids is 1. The standard InChI is InChI=1S/C16H18F4N2O3S/c17-10-2-4-11(5-3-10)26-7-1-6-21-15(25)22-8-12(14(23)24)13(9-22)16(18,19)20/h2-5,12-13H,1,6-9H2,(H,21,25)(H,23,24)/t12-,13-/m1/s1. The van der Waals surface area contributed by atoms with E-state index in [1.165, 1.54) is 23.9 Å². The van der Waals surface area contributed by atoms with Crippen LogP contribution in [0.4, 0.5) is 22.4 Å². The van der Waals surface area contributed by atoms with Gasteiger partial charge in [0.1, 0.15) is 5.82 Å². The lowest BCUT2D eigenvalue weighted by Crippen LogP contribution is -2.40. The zero-order valence-electron chi connectivity index (χ0n) is 13.6. The second-order valence-corrected chi connectivity index (χ2v) is 7.05. The van der Waals surface area contributed by atoms with Crippen molar-refractivity contribution in [1.29, 1.82) is 0 Å². The summed E-state index contributed by atoms with van der Waals surface area (Å²) in [6.45, 7) is -0.871. The van der Waals surface area contributed by atoms with Crippen molar-refractivity contribution in [3.05, 3.63) is 30.1 Å². The van der Waals surface area contributed by atoms with Crippen LogP contribution in [0.15, 0.2) is 29.2 Å². The molecule has 1 heterocycles. The first-order chi connectivity index (χ1) is 12.2. The van der Waals surface area contributed by atoms with E-state index < -0.39 is 43.1 Å². The molecule has 1 aliphatic heterocycles. The molecule has 144 valence electrons. The minimum absolute atomic E-state index is 0.248. The molecule has 2 N–H and O–H groups in total. The smallest absolute Gasteiger partial charge is 0.394 e. The normalized spacial score (nSPS) is 20.2. The van der Waals surface area contributed by atoms with Crippen LogP contribution < -0.4 is 5.32 Å². The summed E-state index contributed by atoms with van der Waals surface area (Å²) in [5.74, 6) is -4.95. The number of hydrogen-bond donors (Lipinski definition) is 2. The molecule has 0 aromatic heterocycles. The van der Waals surface area contributed by atoms with Crippen molar-refractivity contribution in [1.82, 2.24) is 10.2 Å². The summed E-state index contributed by atoms with van der Waals surface area (Å²) in [5, 5.41) is 11.4. The number of aliphatic carboxylic acids is 1. The van der Waals surface area contributed by atoms with Gasteiger partial charge in [-0.15, -0.1) is 11.8 Å². The third-order valence-electron chi connectivity index (χ3n) is 4.02. The predicted octanol–water partition coefficient (Wildman–Crippen LogP) is 3.21. The quantitative estimate of drug-likeness (QED) is 0.442. The molecule has 2 atom stereocenters. The van der Waals surface area contributed by atoms with Gasteiger partial charge in [-0.2, -0.15) is 13.2 Å². The summed E-state index contributed by atoms with van der Waals surface area (Å²) < 4.78 is 51.5. The maximum Gasteiger partial charge on any atom is 0.394 e. The lowest BCUT2D eigenvalue weighted by atomic mass is 9.96. The van der Waals surface area contributed by atoms with Crippen LogP contribution >= 0.6 is 11.8 Å². The highest BCUT2D eigenvalue weighted by atomic mass is 32.2. The zero-order valence-corrected chi connectivity index (χ0v) is 14.4. The van der Waals surface area contributed by atoms with Gasteiger partial charge in [0, 0.05) is 24.5 Å². The fourth-order valence-electron chi connectivity index (χ4n) is 2.65. The number of likely N-dealkylation sites (tertiary alicyclic amines) is 1. The predicted molar refractivity (Wildman–Crippen MR) is 87.4 cm³/mol. The van der Waals surface area contributed by atoms with Crippen molar-refractivity contribution in [2.75, 3.05) is 25.4 Å². The molecular weight excluding hydrogens is 376 g/mol. The van der Waals surface area contributed by atoms with E-state index in [2.05, 4.69) is 5.32 Å². The molecule has 5 nitrogen and oxygen atoms in total. The van der Waals surface area contributed by atoms with Gasteiger partial charge in [-0.1, -0.05) is 0 Å². The molecule has 2 amide bonds. The molecule has 1 fully saturated rings. The fraction of sp³-hybridized carbons (Fsp3) is 0.500. The largest absolute Gasteiger partial charge is 0.481 e. The van der Waals surface area contributed by atoms with E-state index in [1.807, 2.05) is 0 Å². The van der Waals surface area contributed by atoms with Crippen molar-refractivity contribution in [2.24, 2.45) is 11.8 Å². The number of carboxylic acid groups (broad SMARTS) is 1. The van der Waals surface area contributed by atoms with Gasteiger partial charge in [-0.3, -0.25) is 4.79 Å². The lowest BCUT2D eigenvalue weighted by Gasteiger charge is -2.18. The molecule has 0 bridgehead atoms. The molecule has 1 aromatic rings. The topological polar surface area (TPSA) is 69.6 Å². The van der Waals surface area contributed by atoms with Crippen molar-refractivity contribution in [2.45, 2.75) is 17.5 Å². The molecule has 2 rings (SSSR count). The van der Waals surface area contributed by atoms with Crippen LogP contribution in [0.25, 0.3) is 0 Å². The van der Waals surface area contributed by atoms with Gasteiger partial charge in [0.2, 0.25) is 0 Å². The summed E-state index contributed by atoms with van der Waals surface area (Å²) in [4.78, 5) is 24.7. The average molecular weight is 394 g/mol. The van der Waals surface area contributed by atoms with Crippen LogP contribution in [-0.4, -0.2) is 53.6 Å². The maximum atomic E-state index is 12.9. The Morgan fingerprint density at radius 3 is 2.42 bits per heavy atom. The van der Waals surface area contributed by atoms with Crippen LogP contribution in [0.5, 0.6) is 0 Å². The van der Waals surface area contributed by atoms with Crippen LogP contribution in [0.2, 0.25) is 0 Å². The number of urea groups is 1. The monoisotopic (exact) mass is 394 g/mol. The molecular formula is C16H18F4N2O3S. The van der Waals surface area contributed by atoms with Gasteiger partial charge >= 0.3 is 18.2 Å². The highest BCUT2D eigenvalue weighted by Crippen LogP contribution is 2.37. The molecule has 1 saturated heterocycles. The number of alkyl halides is 3. The van der Waals surface area contributed by atoms with Gasteiger partial charge < -0.3 is 15.3 Å². The molecule has 0 radical (unpaired) electrons. The highest BCUT2D eigenvalue weighted by molar-refractivity contribution is 7.99. The Labute approximate surface area is 151 Å². The van der Waals surface area contributed by atoms with E-state index in [9.17, 15) is 27.2 Å². The molecule has 0 aliphatic carbocycles. The number of thioether (sulfide) groups is 1. The number of nitrogens with zero attached hydrogens (tertiary/aromatic N) is 1. The van der Waals surface area contributed by atoms with E-state index >= 15 is 0 Å².